The Bertz CT molecular complexity index is 570. The smallest absolute Gasteiger partial charge is 0.251 e. The summed E-state index contributed by atoms with van der Waals surface area (Å²) >= 11 is 0. The second-order valence-electron chi connectivity index (χ2n) is 4.44. The van der Waals surface area contributed by atoms with Crippen molar-refractivity contribution in [1.82, 2.24) is 9.88 Å². The maximum Gasteiger partial charge on any atom is 0.251 e. The van der Waals surface area contributed by atoms with E-state index >= 15 is 0 Å². The van der Waals surface area contributed by atoms with E-state index in [1.807, 2.05) is 20.0 Å². The molecule has 1 aromatic heterocycles. The van der Waals surface area contributed by atoms with Crippen molar-refractivity contribution in [2.45, 2.75) is 20.0 Å². The second kappa shape index (κ2) is 5.65. The van der Waals surface area contributed by atoms with Gasteiger partial charge in [0.1, 0.15) is 0 Å². The largest absolute Gasteiger partial charge is 0.316 e. The van der Waals surface area contributed by atoms with Gasteiger partial charge < -0.3 is 9.88 Å². The van der Waals surface area contributed by atoms with Crippen LogP contribution in [0.15, 0.2) is 47.3 Å². The third kappa shape index (κ3) is 2.87. The Balaban J connectivity index is 2.21. The van der Waals surface area contributed by atoms with Crippen LogP contribution in [-0.2, 0) is 13.1 Å². The molecule has 0 atom stereocenters. The van der Waals surface area contributed by atoms with Crippen molar-refractivity contribution in [3.63, 3.8) is 0 Å². The first-order chi connectivity index (χ1) is 8.70. The van der Waals surface area contributed by atoms with Gasteiger partial charge in [-0.15, -0.1) is 0 Å². The van der Waals surface area contributed by atoms with E-state index in [9.17, 15) is 4.79 Å². The molecule has 18 heavy (non-hydrogen) atoms. The van der Waals surface area contributed by atoms with E-state index in [2.05, 4.69) is 29.6 Å². The van der Waals surface area contributed by atoms with Gasteiger partial charge in [0.25, 0.3) is 5.56 Å². The molecule has 0 aliphatic heterocycles. The molecule has 0 fully saturated rings. The van der Waals surface area contributed by atoms with Crippen molar-refractivity contribution in [3.05, 3.63) is 69.6 Å². The SMILES string of the molecule is CNCc1ccc(Cn2c(C)cccc2=O)cc1. The summed E-state index contributed by atoms with van der Waals surface area (Å²) in [4.78, 5) is 11.8. The second-order valence-corrected chi connectivity index (χ2v) is 4.44. The van der Waals surface area contributed by atoms with Crippen LogP contribution in [0.4, 0.5) is 0 Å². The molecule has 2 rings (SSSR count). The predicted molar refractivity (Wildman–Crippen MR) is 73.7 cm³/mol. The molecule has 0 aliphatic rings. The van der Waals surface area contributed by atoms with Gasteiger partial charge in [-0.3, -0.25) is 4.79 Å². The van der Waals surface area contributed by atoms with Gasteiger partial charge in [0.2, 0.25) is 0 Å². The third-order valence-electron chi connectivity index (χ3n) is 3.01. The van der Waals surface area contributed by atoms with Crippen LogP contribution in [0.1, 0.15) is 16.8 Å². The minimum atomic E-state index is 0.0503. The lowest BCUT2D eigenvalue weighted by Crippen LogP contribution is -2.21. The van der Waals surface area contributed by atoms with Crippen LogP contribution < -0.4 is 10.9 Å². The summed E-state index contributed by atoms with van der Waals surface area (Å²) in [6.45, 7) is 3.45. The zero-order valence-electron chi connectivity index (χ0n) is 10.8. The Morgan fingerprint density at radius 3 is 2.33 bits per heavy atom. The van der Waals surface area contributed by atoms with Gasteiger partial charge in [0, 0.05) is 18.3 Å². The van der Waals surface area contributed by atoms with Crippen LogP contribution in [0.2, 0.25) is 0 Å². The number of pyridine rings is 1. The van der Waals surface area contributed by atoms with Gasteiger partial charge in [-0.1, -0.05) is 30.3 Å². The van der Waals surface area contributed by atoms with Gasteiger partial charge in [0.05, 0.1) is 6.54 Å². The van der Waals surface area contributed by atoms with Crippen LogP contribution in [0, 0.1) is 6.92 Å². The molecule has 94 valence electrons. The maximum absolute atomic E-state index is 11.8. The number of hydrogen-bond acceptors (Lipinski definition) is 2. The molecule has 0 saturated carbocycles. The van der Waals surface area contributed by atoms with Crippen LogP contribution >= 0.6 is 0 Å². The van der Waals surface area contributed by atoms with E-state index < -0.39 is 0 Å². The highest BCUT2D eigenvalue weighted by atomic mass is 16.1. The van der Waals surface area contributed by atoms with Gasteiger partial charge in [-0.2, -0.15) is 0 Å². The fourth-order valence-corrected chi connectivity index (χ4v) is 1.98. The Morgan fingerprint density at radius 1 is 1.06 bits per heavy atom. The standard InChI is InChI=1S/C15H18N2O/c1-12-4-3-5-15(18)17(12)11-14-8-6-13(7-9-14)10-16-2/h3-9,16H,10-11H2,1-2H3. The molecule has 0 radical (unpaired) electrons. The lowest BCUT2D eigenvalue weighted by Gasteiger charge is -2.10. The molecule has 0 saturated heterocycles. The number of aromatic nitrogens is 1. The van der Waals surface area contributed by atoms with Crippen molar-refractivity contribution >= 4 is 0 Å². The lowest BCUT2D eigenvalue weighted by molar-refractivity contribution is 0.729. The first-order valence-corrected chi connectivity index (χ1v) is 6.09. The van der Waals surface area contributed by atoms with E-state index in [4.69, 9.17) is 0 Å². The van der Waals surface area contributed by atoms with Crippen LogP contribution in [0.25, 0.3) is 0 Å². The monoisotopic (exact) mass is 242 g/mol. The van der Waals surface area contributed by atoms with E-state index in [0.717, 1.165) is 17.8 Å². The Labute approximate surface area is 107 Å². The minimum absolute atomic E-state index is 0.0503. The molecule has 0 spiro atoms. The predicted octanol–water partition coefficient (Wildman–Crippen LogP) is 1.92. The molecule has 1 N–H and O–H groups in total. The Kier molecular flexibility index (Phi) is 3.95. The summed E-state index contributed by atoms with van der Waals surface area (Å²) in [7, 11) is 1.93. The molecule has 0 unspecified atom stereocenters. The first-order valence-electron chi connectivity index (χ1n) is 6.09. The topological polar surface area (TPSA) is 34.0 Å². The van der Waals surface area contributed by atoms with Crippen LogP contribution in [0.5, 0.6) is 0 Å². The highest BCUT2D eigenvalue weighted by Gasteiger charge is 2.01. The van der Waals surface area contributed by atoms with Crippen LogP contribution in [-0.4, -0.2) is 11.6 Å². The van der Waals surface area contributed by atoms with Crippen molar-refractivity contribution in [2.75, 3.05) is 7.05 Å². The lowest BCUT2D eigenvalue weighted by atomic mass is 10.1. The average Bonchev–Trinajstić information content (AvgIpc) is 2.36. The zero-order valence-corrected chi connectivity index (χ0v) is 10.8. The van der Waals surface area contributed by atoms with Crippen molar-refractivity contribution < 1.29 is 0 Å². The summed E-state index contributed by atoms with van der Waals surface area (Å²) in [6.07, 6.45) is 0. The molecule has 0 bridgehead atoms. The van der Waals surface area contributed by atoms with Crippen LogP contribution in [0.3, 0.4) is 0 Å². The summed E-state index contributed by atoms with van der Waals surface area (Å²) < 4.78 is 1.78. The molecule has 2 aromatic rings. The van der Waals surface area contributed by atoms with E-state index in [-0.39, 0.29) is 5.56 Å². The van der Waals surface area contributed by atoms with Gasteiger partial charge in [0.15, 0.2) is 0 Å². The van der Waals surface area contributed by atoms with Gasteiger partial charge in [-0.05, 0) is 31.2 Å². The summed E-state index contributed by atoms with van der Waals surface area (Å²) in [5, 5.41) is 3.12. The molecular formula is C15H18N2O. The normalized spacial score (nSPS) is 10.6. The molecule has 3 nitrogen and oxygen atoms in total. The maximum atomic E-state index is 11.8. The summed E-state index contributed by atoms with van der Waals surface area (Å²) in [5.41, 5.74) is 3.43. The van der Waals surface area contributed by atoms with E-state index in [1.54, 1.807) is 16.7 Å². The van der Waals surface area contributed by atoms with E-state index in [0.29, 0.717) is 6.54 Å². The highest BCUT2D eigenvalue weighted by Crippen LogP contribution is 2.06. The number of rotatable bonds is 4. The highest BCUT2D eigenvalue weighted by molar-refractivity contribution is 5.23. The van der Waals surface area contributed by atoms with Gasteiger partial charge in [-0.25, -0.2) is 0 Å². The van der Waals surface area contributed by atoms with Crippen molar-refractivity contribution in [1.29, 1.82) is 0 Å². The number of nitrogens with one attached hydrogen (secondary N) is 1. The quantitative estimate of drug-likeness (QED) is 0.889. The molecular weight excluding hydrogens is 224 g/mol. The minimum Gasteiger partial charge on any atom is -0.316 e. The molecule has 1 heterocycles. The van der Waals surface area contributed by atoms with Gasteiger partial charge >= 0.3 is 0 Å². The molecule has 1 aromatic carbocycles. The van der Waals surface area contributed by atoms with Crippen molar-refractivity contribution in [3.8, 4) is 0 Å². The molecule has 0 aliphatic carbocycles. The third-order valence-corrected chi connectivity index (χ3v) is 3.01. The fourth-order valence-electron chi connectivity index (χ4n) is 1.98. The first kappa shape index (κ1) is 12.6. The number of benzene rings is 1. The van der Waals surface area contributed by atoms with E-state index in [1.165, 1.54) is 5.56 Å². The number of hydrogen-bond donors (Lipinski definition) is 1. The zero-order chi connectivity index (χ0) is 13.0. The summed E-state index contributed by atoms with van der Waals surface area (Å²) in [5.74, 6) is 0. The fraction of sp³-hybridized carbons (Fsp3) is 0.267. The number of aryl methyl sites for hydroxylation is 1. The Morgan fingerprint density at radius 2 is 1.72 bits per heavy atom. The molecule has 0 amide bonds. The molecule has 3 heteroatoms. The average molecular weight is 242 g/mol. The Hall–Kier alpha value is -1.87. The number of nitrogens with zero attached hydrogens (tertiary/aromatic N) is 1. The summed E-state index contributed by atoms with van der Waals surface area (Å²) in [6, 6.07) is 13.7. The van der Waals surface area contributed by atoms with Crippen molar-refractivity contribution in [2.24, 2.45) is 0 Å².